The van der Waals surface area contributed by atoms with Crippen LogP contribution in [0.2, 0.25) is 0 Å². The van der Waals surface area contributed by atoms with Crippen LogP contribution in [0.15, 0.2) is 0 Å². The van der Waals surface area contributed by atoms with E-state index in [9.17, 15) is 4.79 Å². The van der Waals surface area contributed by atoms with Crippen LogP contribution in [0.5, 0.6) is 5.88 Å². The molecule has 0 aliphatic carbocycles. The van der Waals surface area contributed by atoms with Gasteiger partial charge in [-0.25, -0.2) is 9.78 Å². The van der Waals surface area contributed by atoms with Gasteiger partial charge in [0, 0.05) is 11.3 Å². The molecule has 6 heteroatoms. The molecule has 0 aromatic carbocycles. The summed E-state index contributed by atoms with van der Waals surface area (Å²) in [7, 11) is 1.49. The normalized spacial score (nSPS) is 14.5. The standard InChI is InChI=1S/C9H10N2O3S/c1-14-8-5-4-15-3-2-6(5)10-7(11-8)9(12)13/h2-4H2,1H3,(H,12,13). The molecule has 0 amide bonds. The topological polar surface area (TPSA) is 72.3 Å². The summed E-state index contributed by atoms with van der Waals surface area (Å²) in [6.07, 6.45) is 0.777. The van der Waals surface area contributed by atoms with Gasteiger partial charge in [0.1, 0.15) is 0 Å². The van der Waals surface area contributed by atoms with E-state index in [1.165, 1.54) is 7.11 Å². The van der Waals surface area contributed by atoms with Gasteiger partial charge in [-0.05, 0) is 12.2 Å². The molecular formula is C9H10N2O3S. The molecule has 0 saturated heterocycles. The summed E-state index contributed by atoms with van der Waals surface area (Å²) in [6.45, 7) is 0. The second kappa shape index (κ2) is 4.06. The van der Waals surface area contributed by atoms with Crippen LogP contribution in [0.4, 0.5) is 0 Å². The molecule has 15 heavy (non-hydrogen) atoms. The van der Waals surface area contributed by atoms with Gasteiger partial charge in [0.25, 0.3) is 0 Å². The lowest BCUT2D eigenvalue weighted by Crippen LogP contribution is -2.14. The first kappa shape index (κ1) is 10.2. The number of nitrogens with zero attached hydrogens (tertiary/aromatic N) is 2. The van der Waals surface area contributed by atoms with Gasteiger partial charge in [-0.15, -0.1) is 0 Å². The van der Waals surface area contributed by atoms with Gasteiger partial charge in [0.05, 0.1) is 12.8 Å². The monoisotopic (exact) mass is 226 g/mol. The number of carbonyl (C=O) groups is 1. The van der Waals surface area contributed by atoms with Crippen molar-refractivity contribution in [2.45, 2.75) is 12.2 Å². The second-order valence-electron chi connectivity index (χ2n) is 3.09. The number of aryl methyl sites for hydroxylation is 1. The minimum absolute atomic E-state index is 0.183. The van der Waals surface area contributed by atoms with Crippen LogP contribution >= 0.6 is 11.8 Å². The number of aromatic nitrogens is 2. The average molecular weight is 226 g/mol. The van der Waals surface area contributed by atoms with E-state index in [0.717, 1.165) is 29.2 Å². The fraction of sp³-hybridized carbons (Fsp3) is 0.444. The SMILES string of the molecule is COc1nc(C(=O)O)nc2c1CSCC2. The molecule has 80 valence electrons. The van der Waals surface area contributed by atoms with Crippen LogP contribution in [0.25, 0.3) is 0 Å². The van der Waals surface area contributed by atoms with Gasteiger partial charge in [-0.1, -0.05) is 0 Å². The Morgan fingerprint density at radius 3 is 3.00 bits per heavy atom. The maximum Gasteiger partial charge on any atom is 0.374 e. The van der Waals surface area contributed by atoms with E-state index in [1.807, 2.05) is 0 Å². The number of methoxy groups -OCH3 is 1. The highest BCUT2D eigenvalue weighted by Crippen LogP contribution is 2.29. The van der Waals surface area contributed by atoms with Crippen molar-refractivity contribution in [3.63, 3.8) is 0 Å². The fourth-order valence-electron chi connectivity index (χ4n) is 1.47. The van der Waals surface area contributed by atoms with Crippen LogP contribution in [-0.4, -0.2) is 33.9 Å². The molecule has 5 nitrogen and oxygen atoms in total. The summed E-state index contributed by atoms with van der Waals surface area (Å²) in [5.74, 6) is 0.849. The Morgan fingerprint density at radius 2 is 2.33 bits per heavy atom. The third-order valence-electron chi connectivity index (χ3n) is 2.17. The maximum absolute atomic E-state index is 10.8. The molecule has 0 atom stereocenters. The van der Waals surface area contributed by atoms with E-state index in [1.54, 1.807) is 11.8 Å². The molecule has 1 aliphatic heterocycles. The number of fused-ring (bicyclic) bond motifs is 1. The lowest BCUT2D eigenvalue weighted by Gasteiger charge is -2.16. The summed E-state index contributed by atoms with van der Waals surface area (Å²) in [5, 5.41) is 8.82. The van der Waals surface area contributed by atoms with Crippen molar-refractivity contribution in [1.82, 2.24) is 9.97 Å². The molecule has 0 unspecified atom stereocenters. The van der Waals surface area contributed by atoms with E-state index < -0.39 is 5.97 Å². The van der Waals surface area contributed by atoms with E-state index >= 15 is 0 Å². The Balaban J connectivity index is 2.52. The highest BCUT2D eigenvalue weighted by Gasteiger charge is 2.20. The minimum atomic E-state index is -1.12. The zero-order chi connectivity index (χ0) is 10.8. The number of rotatable bonds is 2. The minimum Gasteiger partial charge on any atom is -0.481 e. The summed E-state index contributed by atoms with van der Waals surface area (Å²) in [6, 6.07) is 0. The summed E-state index contributed by atoms with van der Waals surface area (Å²) >= 11 is 1.77. The zero-order valence-corrected chi connectivity index (χ0v) is 9.00. The van der Waals surface area contributed by atoms with Crippen LogP contribution < -0.4 is 4.74 Å². The van der Waals surface area contributed by atoms with E-state index in [-0.39, 0.29) is 5.82 Å². The van der Waals surface area contributed by atoms with Crippen molar-refractivity contribution in [3.05, 3.63) is 17.1 Å². The predicted molar refractivity (Wildman–Crippen MR) is 55.4 cm³/mol. The number of aromatic carboxylic acids is 1. The quantitative estimate of drug-likeness (QED) is 0.810. The molecule has 0 radical (unpaired) electrons. The van der Waals surface area contributed by atoms with E-state index in [2.05, 4.69) is 9.97 Å². The highest BCUT2D eigenvalue weighted by molar-refractivity contribution is 7.98. The molecule has 0 spiro atoms. The van der Waals surface area contributed by atoms with Crippen LogP contribution in [0, 0.1) is 0 Å². The number of hydrogen-bond donors (Lipinski definition) is 1. The lowest BCUT2D eigenvalue weighted by molar-refractivity contribution is 0.0682. The summed E-state index contributed by atoms with van der Waals surface area (Å²) in [4.78, 5) is 18.6. The smallest absolute Gasteiger partial charge is 0.374 e. The molecule has 1 aromatic heterocycles. The summed E-state index contributed by atoms with van der Waals surface area (Å²) < 4.78 is 5.08. The predicted octanol–water partition coefficient (Wildman–Crippen LogP) is 0.973. The molecule has 1 N–H and O–H groups in total. The molecule has 1 aromatic rings. The number of hydrogen-bond acceptors (Lipinski definition) is 5. The Morgan fingerprint density at radius 1 is 1.53 bits per heavy atom. The number of thioether (sulfide) groups is 1. The highest BCUT2D eigenvalue weighted by atomic mass is 32.2. The first-order valence-corrected chi connectivity index (χ1v) is 5.62. The Labute approximate surface area is 90.9 Å². The largest absolute Gasteiger partial charge is 0.481 e. The Hall–Kier alpha value is -1.30. The first-order valence-electron chi connectivity index (χ1n) is 4.47. The first-order chi connectivity index (χ1) is 7.22. The summed E-state index contributed by atoms with van der Waals surface area (Å²) in [5.41, 5.74) is 1.73. The average Bonchev–Trinajstić information content (AvgIpc) is 2.27. The molecular weight excluding hydrogens is 216 g/mol. The zero-order valence-electron chi connectivity index (χ0n) is 8.19. The Bertz CT molecular complexity index is 391. The van der Waals surface area contributed by atoms with Gasteiger partial charge in [0.15, 0.2) is 0 Å². The van der Waals surface area contributed by atoms with Crippen molar-refractivity contribution < 1.29 is 14.6 Å². The van der Waals surface area contributed by atoms with Crippen molar-refractivity contribution >= 4 is 17.7 Å². The maximum atomic E-state index is 10.8. The molecule has 0 fully saturated rings. The number of carboxylic acid groups (broad SMARTS) is 1. The third kappa shape index (κ3) is 1.90. The number of carboxylic acids is 1. The van der Waals surface area contributed by atoms with E-state index in [0.29, 0.717) is 5.88 Å². The second-order valence-corrected chi connectivity index (χ2v) is 4.19. The van der Waals surface area contributed by atoms with Crippen molar-refractivity contribution in [3.8, 4) is 5.88 Å². The molecule has 0 bridgehead atoms. The lowest BCUT2D eigenvalue weighted by atomic mass is 10.2. The van der Waals surface area contributed by atoms with Crippen molar-refractivity contribution in [1.29, 1.82) is 0 Å². The van der Waals surface area contributed by atoms with Crippen LogP contribution in [-0.2, 0) is 12.2 Å². The molecule has 2 heterocycles. The van der Waals surface area contributed by atoms with Gasteiger partial charge < -0.3 is 9.84 Å². The van der Waals surface area contributed by atoms with Crippen LogP contribution in [0.3, 0.4) is 0 Å². The Kier molecular flexibility index (Phi) is 2.77. The van der Waals surface area contributed by atoms with Gasteiger partial charge >= 0.3 is 5.97 Å². The van der Waals surface area contributed by atoms with Gasteiger partial charge in [0.2, 0.25) is 11.7 Å². The van der Waals surface area contributed by atoms with Crippen LogP contribution in [0.1, 0.15) is 21.9 Å². The third-order valence-corrected chi connectivity index (χ3v) is 3.15. The van der Waals surface area contributed by atoms with Crippen molar-refractivity contribution in [2.75, 3.05) is 12.9 Å². The molecule has 0 saturated carbocycles. The van der Waals surface area contributed by atoms with Gasteiger partial charge in [-0.3, -0.25) is 0 Å². The van der Waals surface area contributed by atoms with E-state index in [4.69, 9.17) is 9.84 Å². The van der Waals surface area contributed by atoms with Gasteiger partial charge in [-0.2, -0.15) is 16.7 Å². The van der Waals surface area contributed by atoms with Crippen molar-refractivity contribution in [2.24, 2.45) is 0 Å². The molecule has 2 rings (SSSR count). The fourth-order valence-corrected chi connectivity index (χ4v) is 2.44. The number of ether oxygens (including phenoxy) is 1. The molecule has 1 aliphatic rings.